The van der Waals surface area contributed by atoms with Gasteiger partial charge in [-0.05, 0) is 29.7 Å². The molecule has 5 nitrogen and oxygen atoms in total. The Morgan fingerprint density at radius 3 is 2.45 bits per heavy atom. The summed E-state index contributed by atoms with van der Waals surface area (Å²) < 4.78 is 0. The van der Waals surface area contributed by atoms with Crippen LogP contribution < -0.4 is 10.6 Å². The molecule has 6 heteroatoms. The molecule has 2 rings (SSSR count). The van der Waals surface area contributed by atoms with Crippen LogP contribution in [0.2, 0.25) is 5.02 Å². The number of hydrogen-bond acceptors (Lipinski definition) is 4. The van der Waals surface area contributed by atoms with Gasteiger partial charge in [-0.1, -0.05) is 43.6 Å². The lowest BCUT2D eigenvalue weighted by Crippen LogP contribution is -2.15. The van der Waals surface area contributed by atoms with Gasteiger partial charge < -0.3 is 10.6 Å². The molecule has 0 saturated heterocycles. The minimum atomic E-state index is -0.0546. The van der Waals surface area contributed by atoms with Crippen LogP contribution in [0.25, 0.3) is 0 Å². The summed E-state index contributed by atoms with van der Waals surface area (Å²) in [6.07, 6.45) is 0.466. The number of nitrogens with zero attached hydrogens (tertiary/aromatic N) is 2. The molecule has 1 amide bonds. The first-order chi connectivity index (χ1) is 10.5. The van der Waals surface area contributed by atoms with Crippen molar-refractivity contribution in [1.29, 1.82) is 0 Å². The van der Waals surface area contributed by atoms with Crippen molar-refractivity contribution in [2.45, 2.75) is 26.8 Å². The Bertz CT molecular complexity index is 628. The summed E-state index contributed by atoms with van der Waals surface area (Å²) >= 11 is 6.09. The third kappa shape index (κ3) is 5.00. The van der Waals surface area contributed by atoms with Crippen molar-refractivity contribution in [2.24, 2.45) is 5.92 Å². The summed E-state index contributed by atoms with van der Waals surface area (Å²) in [5.74, 6) is 1.33. The summed E-state index contributed by atoms with van der Waals surface area (Å²) in [5.41, 5.74) is 0.986. The van der Waals surface area contributed by atoms with Gasteiger partial charge in [0.1, 0.15) is 5.82 Å². The van der Waals surface area contributed by atoms with Crippen LogP contribution in [0, 0.1) is 5.92 Å². The third-order valence-electron chi connectivity index (χ3n) is 2.94. The molecule has 0 unspecified atom stereocenters. The van der Waals surface area contributed by atoms with Gasteiger partial charge in [-0.3, -0.25) is 4.79 Å². The molecule has 22 heavy (non-hydrogen) atoms. The van der Waals surface area contributed by atoms with Crippen molar-refractivity contribution in [3.8, 4) is 0 Å². The van der Waals surface area contributed by atoms with Gasteiger partial charge in [0.25, 0.3) is 0 Å². The van der Waals surface area contributed by atoms with E-state index in [0.29, 0.717) is 35.5 Å². The quantitative estimate of drug-likeness (QED) is 0.851. The van der Waals surface area contributed by atoms with E-state index in [0.717, 1.165) is 5.56 Å². The lowest BCUT2D eigenvalue weighted by molar-refractivity contribution is -0.116. The number of aromatic nitrogens is 2. The fourth-order valence-corrected chi connectivity index (χ4v) is 2.09. The van der Waals surface area contributed by atoms with E-state index in [-0.39, 0.29) is 5.91 Å². The normalized spacial score (nSPS) is 10.5. The van der Waals surface area contributed by atoms with Gasteiger partial charge in [0.15, 0.2) is 5.82 Å². The zero-order valence-corrected chi connectivity index (χ0v) is 13.4. The number of benzene rings is 1. The third-order valence-corrected chi connectivity index (χ3v) is 3.31. The number of amides is 1. The maximum atomic E-state index is 11.6. The Morgan fingerprint density at radius 2 is 1.82 bits per heavy atom. The highest BCUT2D eigenvalue weighted by atomic mass is 35.5. The molecule has 0 spiro atoms. The van der Waals surface area contributed by atoms with E-state index in [4.69, 9.17) is 11.6 Å². The fourth-order valence-electron chi connectivity index (χ4n) is 1.89. The van der Waals surface area contributed by atoms with Gasteiger partial charge in [-0.15, -0.1) is 10.2 Å². The average molecular weight is 319 g/mol. The lowest BCUT2D eigenvalue weighted by atomic mass is 10.1. The number of nitrogens with one attached hydrogen (secondary N) is 2. The molecule has 0 fully saturated rings. The summed E-state index contributed by atoms with van der Waals surface area (Å²) in [6.45, 7) is 4.55. The Kier molecular flexibility index (Phi) is 5.72. The van der Waals surface area contributed by atoms with Crippen molar-refractivity contribution in [3.63, 3.8) is 0 Å². The van der Waals surface area contributed by atoms with Crippen LogP contribution in [0.3, 0.4) is 0 Å². The van der Waals surface area contributed by atoms with Crippen LogP contribution in [0.1, 0.15) is 25.8 Å². The highest BCUT2D eigenvalue weighted by molar-refractivity contribution is 6.31. The average Bonchev–Trinajstić information content (AvgIpc) is 2.47. The van der Waals surface area contributed by atoms with Gasteiger partial charge in [0.05, 0.1) is 0 Å². The van der Waals surface area contributed by atoms with Crippen LogP contribution >= 0.6 is 11.6 Å². The smallest absolute Gasteiger partial charge is 0.225 e. The SMILES string of the molecule is CC(C)CC(=O)Nc1ccc(NCc2ccccc2Cl)nn1. The topological polar surface area (TPSA) is 66.9 Å². The summed E-state index contributed by atoms with van der Waals surface area (Å²) in [6, 6.07) is 11.1. The maximum absolute atomic E-state index is 11.6. The number of anilines is 2. The molecule has 0 radical (unpaired) electrons. The number of hydrogen-bond donors (Lipinski definition) is 2. The molecule has 2 aromatic rings. The van der Waals surface area contributed by atoms with Crippen molar-refractivity contribution in [3.05, 3.63) is 47.0 Å². The van der Waals surface area contributed by atoms with E-state index >= 15 is 0 Å². The number of carbonyl (C=O) groups excluding carboxylic acids is 1. The zero-order valence-electron chi connectivity index (χ0n) is 12.6. The number of halogens is 1. The first-order valence-corrected chi connectivity index (χ1v) is 7.53. The van der Waals surface area contributed by atoms with Crippen molar-refractivity contribution in [1.82, 2.24) is 10.2 Å². The summed E-state index contributed by atoms with van der Waals surface area (Å²) in [5, 5.41) is 14.6. The van der Waals surface area contributed by atoms with Crippen LogP contribution in [-0.4, -0.2) is 16.1 Å². The molecule has 0 aliphatic heterocycles. The summed E-state index contributed by atoms with van der Waals surface area (Å²) in [7, 11) is 0. The van der Waals surface area contributed by atoms with Crippen LogP contribution in [-0.2, 0) is 11.3 Å². The van der Waals surface area contributed by atoms with E-state index in [1.807, 2.05) is 38.1 Å². The van der Waals surface area contributed by atoms with E-state index in [9.17, 15) is 4.79 Å². The Balaban J connectivity index is 1.89. The van der Waals surface area contributed by atoms with Crippen LogP contribution in [0.5, 0.6) is 0 Å². The second-order valence-corrected chi connectivity index (χ2v) is 5.80. The number of carbonyl (C=O) groups is 1. The van der Waals surface area contributed by atoms with Crippen LogP contribution in [0.4, 0.5) is 11.6 Å². The largest absolute Gasteiger partial charge is 0.364 e. The highest BCUT2D eigenvalue weighted by Crippen LogP contribution is 2.16. The standard InChI is InChI=1S/C16H19ClN4O/c1-11(2)9-16(22)19-15-8-7-14(20-21-15)18-10-12-5-3-4-6-13(12)17/h3-8,11H,9-10H2,1-2H3,(H,18,20)(H,19,21,22). The monoisotopic (exact) mass is 318 g/mol. The molecule has 116 valence electrons. The van der Waals surface area contributed by atoms with E-state index in [1.165, 1.54) is 0 Å². The molecular formula is C16H19ClN4O. The van der Waals surface area contributed by atoms with Crippen molar-refractivity contribution < 1.29 is 4.79 Å². The minimum absolute atomic E-state index is 0.0546. The van der Waals surface area contributed by atoms with Crippen molar-refractivity contribution >= 4 is 29.1 Å². The highest BCUT2D eigenvalue weighted by Gasteiger charge is 2.06. The Labute approximate surface area is 135 Å². The van der Waals surface area contributed by atoms with E-state index < -0.39 is 0 Å². The molecule has 0 aliphatic carbocycles. The predicted molar refractivity (Wildman–Crippen MR) is 88.9 cm³/mol. The predicted octanol–water partition coefficient (Wildman–Crippen LogP) is 3.73. The molecule has 1 heterocycles. The molecule has 2 N–H and O–H groups in total. The Hall–Kier alpha value is -2.14. The van der Waals surface area contributed by atoms with Gasteiger partial charge in [-0.2, -0.15) is 0 Å². The van der Waals surface area contributed by atoms with E-state index in [1.54, 1.807) is 12.1 Å². The maximum Gasteiger partial charge on any atom is 0.225 e. The fraction of sp³-hybridized carbons (Fsp3) is 0.312. The van der Waals surface area contributed by atoms with Crippen molar-refractivity contribution in [2.75, 3.05) is 10.6 Å². The Morgan fingerprint density at radius 1 is 1.14 bits per heavy atom. The van der Waals surface area contributed by atoms with Gasteiger partial charge >= 0.3 is 0 Å². The van der Waals surface area contributed by atoms with Crippen LogP contribution in [0.15, 0.2) is 36.4 Å². The first-order valence-electron chi connectivity index (χ1n) is 7.15. The molecule has 0 aliphatic rings. The molecule has 0 saturated carbocycles. The first kappa shape index (κ1) is 16.2. The molecule has 0 atom stereocenters. The van der Waals surface area contributed by atoms with Gasteiger partial charge in [-0.25, -0.2) is 0 Å². The second kappa shape index (κ2) is 7.75. The molecule has 0 bridgehead atoms. The molecular weight excluding hydrogens is 300 g/mol. The lowest BCUT2D eigenvalue weighted by Gasteiger charge is -2.08. The minimum Gasteiger partial charge on any atom is -0.364 e. The van der Waals surface area contributed by atoms with Gasteiger partial charge in [0, 0.05) is 18.0 Å². The molecule has 1 aromatic carbocycles. The van der Waals surface area contributed by atoms with E-state index in [2.05, 4.69) is 20.8 Å². The number of rotatable bonds is 6. The molecule has 1 aromatic heterocycles. The second-order valence-electron chi connectivity index (χ2n) is 5.39. The zero-order chi connectivity index (χ0) is 15.9. The van der Waals surface area contributed by atoms with Gasteiger partial charge in [0.2, 0.25) is 5.91 Å². The summed E-state index contributed by atoms with van der Waals surface area (Å²) in [4.78, 5) is 11.6.